The van der Waals surface area contributed by atoms with Crippen LogP contribution in [0.3, 0.4) is 0 Å². The zero-order chi connectivity index (χ0) is 13.3. The molecule has 0 aliphatic heterocycles. The van der Waals surface area contributed by atoms with Gasteiger partial charge in [-0.15, -0.1) is 0 Å². The van der Waals surface area contributed by atoms with Crippen LogP contribution in [0.25, 0.3) is 11.1 Å². The molecular formula is C14H11ClO3. The second kappa shape index (κ2) is 4.70. The maximum atomic E-state index is 10.8. The number of carbonyl (C=O) groups is 1. The van der Waals surface area contributed by atoms with Gasteiger partial charge >= 0.3 is 5.97 Å². The number of benzene rings is 2. The van der Waals surface area contributed by atoms with E-state index in [9.17, 15) is 9.90 Å². The van der Waals surface area contributed by atoms with Crippen molar-refractivity contribution in [2.24, 2.45) is 0 Å². The number of carboxylic acids is 1. The van der Waals surface area contributed by atoms with Crippen LogP contribution in [0.2, 0.25) is 5.02 Å². The molecule has 0 bridgehead atoms. The van der Waals surface area contributed by atoms with Gasteiger partial charge in [0.15, 0.2) is 0 Å². The minimum absolute atomic E-state index is 0.0518. The average molecular weight is 263 g/mol. The molecule has 0 aromatic heterocycles. The molecule has 2 aromatic rings. The number of phenolic OH excluding ortho intramolecular Hbond substituents is 1. The van der Waals surface area contributed by atoms with Crippen LogP contribution in [-0.4, -0.2) is 16.2 Å². The van der Waals surface area contributed by atoms with E-state index in [2.05, 4.69) is 0 Å². The summed E-state index contributed by atoms with van der Waals surface area (Å²) in [4.78, 5) is 10.8. The lowest BCUT2D eigenvalue weighted by atomic mass is 9.98. The van der Waals surface area contributed by atoms with Crippen molar-refractivity contribution in [2.45, 2.75) is 6.92 Å². The van der Waals surface area contributed by atoms with Gasteiger partial charge in [0.2, 0.25) is 0 Å². The number of phenols is 1. The highest BCUT2D eigenvalue weighted by atomic mass is 35.5. The Morgan fingerprint density at radius 3 is 2.50 bits per heavy atom. The molecule has 92 valence electrons. The fraction of sp³-hybridized carbons (Fsp3) is 0.0714. The van der Waals surface area contributed by atoms with Gasteiger partial charge in [0.1, 0.15) is 5.75 Å². The molecule has 3 nitrogen and oxygen atoms in total. The summed E-state index contributed by atoms with van der Waals surface area (Å²) < 4.78 is 0. The van der Waals surface area contributed by atoms with E-state index in [0.717, 1.165) is 11.1 Å². The molecule has 0 saturated heterocycles. The molecule has 0 heterocycles. The van der Waals surface area contributed by atoms with Crippen LogP contribution in [0.4, 0.5) is 0 Å². The first-order valence-electron chi connectivity index (χ1n) is 5.32. The monoisotopic (exact) mass is 262 g/mol. The Morgan fingerprint density at radius 2 is 1.89 bits per heavy atom. The first-order chi connectivity index (χ1) is 8.50. The van der Waals surface area contributed by atoms with E-state index in [1.165, 1.54) is 12.1 Å². The number of hydrogen-bond acceptors (Lipinski definition) is 2. The lowest BCUT2D eigenvalue weighted by Gasteiger charge is -2.10. The molecule has 0 radical (unpaired) electrons. The highest BCUT2D eigenvalue weighted by Gasteiger charge is 2.11. The minimum Gasteiger partial charge on any atom is -0.507 e. The molecule has 2 N–H and O–H groups in total. The van der Waals surface area contributed by atoms with Crippen LogP contribution in [0, 0.1) is 6.92 Å². The predicted molar refractivity (Wildman–Crippen MR) is 70.2 cm³/mol. The van der Waals surface area contributed by atoms with Gasteiger partial charge in [-0.2, -0.15) is 0 Å². The summed E-state index contributed by atoms with van der Waals surface area (Å²) in [6.45, 7) is 1.85. The highest BCUT2D eigenvalue weighted by Crippen LogP contribution is 2.34. The van der Waals surface area contributed by atoms with Crippen molar-refractivity contribution in [1.82, 2.24) is 0 Å². The van der Waals surface area contributed by atoms with Crippen LogP contribution < -0.4 is 0 Å². The van der Waals surface area contributed by atoms with E-state index in [1.807, 2.05) is 13.0 Å². The maximum Gasteiger partial charge on any atom is 0.335 e. The lowest BCUT2D eigenvalue weighted by molar-refractivity contribution is 0.0696. The van der Waals surface area contributed by atoms with Crippen LogP contribution >= 0.6 is 11.6 Å². The van der Waals surface area contributed by atoms with Crippen LogP contribution in [0.15, 0.2) is 36.4 Å². The summed E-state index contributed by atoms with van der Waals surface area (Å²) in [6.07, 6.45) is 0. The SMILES string of the molecule is Cc1c(Cl)cccc1-c1ccc(C(=O)O)cc1O. The van der Waals surface area contributed by atoms with Gasteiger partial charge in [-0.3, -0.25) is 0 Å². The van der Waals surface area contributed by atoms with Gasteiger partial charge in [-0.05, 0) is 42.3 Å². The number of hydrogen-bond donors (Lipinski definition) is 2. The van der Waals surface area contributed by atoms with Crippen LogP contribution in [-0.2, 0) is 0 Å². The largest absolute Gasteiger partial charge is 0.507 e. The molecule has 0 fully saturated rings. The Labute approximate surface area is 109 Å². The second-order valence-corrected chi connectivity index (χ2v) is 4.36. The Morgan fingerprint density at radius 1 is 1.17 bits per heavy atom. The zero-order valence-corrected chi connectivity index (χ0v) is 10.4. The van der Waals surface area contributed by atoms with E-state index in [4.69, 9.17) is 16.7 Å². The molecule has 2 aromatic carbocycles. The molecule has 0 aliphatic carbocycles. The minimum atomic E-state index is -1.07. The molecule has 0 aliphatic rings. The highest BCUT2D eigenvalue weighted by molar-refractivity contribution is 6.31. The van der Waals surface area contributed by atoms with Crippen molar-refractivity contribution >= 4 is 17.6 Å². The standard InChI is InChI=1S/C14H11ClO3/c1-8-10(3-2-4-12(8)15)11-6-5-9(14(17)18)7-13(11)16/h2-7,16H,1H3,(H,17,18). The molecule has 18 heavy (non-hydrogen) atoms. The zero-order valence-electron chi connectivity index (χ0n) is 9.64. The maximum absolute atomic E-state index is 10.8. The van der Waals surface area contributed by atoms with E-state index < -0.39 is 5.97 Å². The Bertz CT molecular complexity index is 620. The molecular weight excluding hydrogens is 252 g/mol. The first-order valence-corrected chi connectivity index (χ1v) is 5.70. The van der Waals surface area contributed by atoms with Crippen molar-refractivity contribution in [3.05, 3.63) is 52.5 Å². The van der Waals surface area contributed by atoms with Crippen LogP contribution in [0.5, 0.6) is 5.75 Å². The summed E-state index contributed by atoms with van der Waals surface area (Å²) in [7, 11) is 0. The summed E-state index contributed by atoms with van der Waals surface area (Å²) in [6, 6.07) is 9.65. The van der Waals surface area contributed by atoms with Gasteiger partial charge in [-0.1, -0.05) is 23.7 Å². The summed E-state index contributed by atoms with van der Waals surface area (Å²) >= 11 is 6.02. The number of rotatable bonds is 2. The Hall–Kier alpha value is -2.00. The van der Waals surface area contributed by atoms with Gasteiger partial charge < -0.3 is 10.2 Å². The molecule has 0 spiro atoms. The normalized spacial score (nSPS) is 10.3. The fourth-order valence-corrected chi connectivity index (χ4v) is 1.97. The number of halogens is 1. The molecule has 0 saturated carbocycles. The van der Waals surface area contributed by atoms with Gasteiger partial charge in [-0.25, -0.2) is 4.79 Å². The van der Waals surface area contributed by atoms with Gasteiger partial charge in [0.25, 0.3) is 0 Å². The topological polar surface area (TPSA) is 57.5 Å². The van der Waals surface area contributed by atoms with Crippen molar-refractivity contribution in [2.75, 3.05) is 0 Å². The second-order valence-electron chi connectivity index (χ2n) is 3.95. The third kappa shape index (κ3) is 2.17. The molecule has 0 amide bonds. The Kier molecular flexibility index (Phi) is 3.26. The Balaban J connectivity index is 2.58. The summed E-state index contributed by atoms with van der Waals surface area (Å²) in [5, 5.41) is 19.3. The molecule has 4 heteroatoms. The quantitative estimate of drug-likeness (QED) is 0.867. The fourth-order valence-electron chi connectivity index (χ4n) is 1.79. The van der Waals surface area contributed by atoms with Crippen molar-refractivity contribution in [3.63, 3.8) is 0 Å². The van der Waals surface area contributed by atoms with Gasteiger partial charge in [0.05, 0.1) is 5.56 Å². The number of aromatic carboxylic acids is 1. The molecule has 0 atom stereocenters. The van der Waals surface area contributed by atoms with E-state index in [1.54, 1.807) is 18.2 Å². The predicted octanol–water partition coefficient (Wildman–Crippen LogP) is 3.72. The number of aromatic hydroxyl groups is 1. The summed E-state index contributed by atoms with van der Waals surface area (Å²) in [5.41, 5.74) is 2.26. The first kappa shape index (κ1) is 12.5. The van der Waals surface area contributed by atoms with Crippen LogP contribution in [0.1, 0.15) is 15.9 Å². The lowest BCUT2D eigenvalue weighted by Crippen LogP contribution is -1.96. The van der Waals surface area contributed by atoms with Crippen molar-refractivity contribution < 1.29 is 15.0 Å². The average Bonchev–Trinajstić information content (AvgIpc) is 2.33. The third-order valence-electron chi connectivity index (χ3n) is 2.80. The van der Waals surface area contributed by atoms with Crippen molar-refractivity contribution in [3.8, 4) is 16.9 Å². The van der Waals surface area contributed by atoms with E-state index in [0.29, 0.717) is 10.6 Å². The smallest absolute Gasteiger partial charge is 0.335 e. The molecule has 0 unspecified atom stereocenters. The summed E-state index contributed by atoms with van der Waals surface area (Å²) in [5.74, 6) is -1.14. The molecule has 2 rings (SSSR count). The third-order valence-corrected chi connectivity index (χ3v) is 3.21. The number of carboxylic acid groups (broad SMARTS) is 1. The van der Waals surface area contributed by atoms with Crippen molar-refractivity contribution in [1.29, 1.82) is 0 Å². The van der Waals surface area contributed by atoms with E-state index >= 15 is 0 Å². The van der Waals surface area contributed by atoms with E-state index in [-0.39, 0.29) is 11.3 Å². The van der Waals surface area contributed by atoms with Gasteiger partial charge in [0, 0.05) is 10.6 Å².